The molecule has 104 valence electrons. The highest BCUT2D eigenvalue weighted by Gasteiger charge is 2.38. The van der Waals surface area contributed by atoms with Gasteiger partial charge in [-0.3, -0.25) is 9.78 Å². The minimum atomic E-state index is -4.59. The molecule has 0 fully saturated rings. The monoisotopic (exact) mass is 280 g/mol. The van der Waals surface area contributed by atoms with E-state index in [-0.39, 0.29) is 22.4 Å². The number of aromatic nitrogens is 2. The molecule has 1 aromatic heterocycles. The summed E-state index contributed by atoms with van der Waals surface area (Å²) in [5, 5.41) is 0. The van der Waals surface area contributed by atoms with Crippen LogP contribution in [0.2, 0.25) is 0 Å². The van der Waals surface area contributed by atoms with E-state index in [1.165, 1.54) is 38.4 Å². The highest BCUT2D eigenvalue weighted by Crippen LogP contribution is 2.36. The fourth-order valence-electron chi connectivity index (χ4n) is 2.01. The Kier molecular flexibility index (Phi) is 3.57. The van der Waals surface area contributed by atoms with Gasteiger partial charge in [0.25, 0.3) is 0 Å². The SMILES string of the molecule is Cc1ccc(C)c(C(F)(F)F)c1C(=O)c1cnccn1. The maximum Gasteiger partial charge on any atom is 0.417 e. The van der Waals surface area contributed by atoms with E-state index in [9.17, 15) is 18.0 Å². The lowest BCUT2D eigenvalue weighted by molar-refractivity contribution is -0.138. The molecule has 3 nitrogen and oxygen atoms in total. The van der Waals surface area contributed by atoms with E-state index in [4.69, 9.17) is 0 Å². The summed E-state index contributed by atoms with van der Waals surface area (Å²) < 4.78 is 39.5. The van der Waals surface area contributed by atoms with E-state index < -0.39 is 17.5 Å². The second-order valence-electron chi connectivity index (χ2n) is 4.37. The molecule has 0 radical (unpaired) electrons. The van der Waals surface area contributed by atoms with Crippen LogP contribution in [0.1, 0.15) is 32.7 Å². The summed E-state index contributed by atoms with van der Waals surface area (Å²) >= 11 is 0. The van der Waals surface area contributed by atoms with Crippen molar-refractivity contribution in [1.29, 1.82) is 0 Å². The molecule has 0 saturated heterocycles. The molecule has 1 aromatic carbocycles. The van der Waals surface area contributed by atoms with Crippen molar-refractivity contribution in [3.05, 3.63) is 58.7 Å². The molecule has 20 heavy (non-hydrogen) atoms. The molecule has 0 bridgehead atoms. The number of carbonyl (C=O) groups is 1. The molecule has 0 N–H and O–H groups in total. The molecule has 1 heterocycles. The fourth-order valence-corrected chi connectivity index (χ4v) is 2.01. The van der Waals surface area contributed by atoms with Gasteiger partial charge in [-0.05, 0) is 25.0 Å². The predicted molar refractivity (Wildman–Crippen MR) is 66.4 cm³/mol. The maximum atomic E-state index is 13.2. The molecule has 2 rings (SSSR count). The molecule has 0 amide bonds. The van der Waals surface area contributed by atoms with Crippen LogP contribution >= 0.6 is 0 Å². The van der Waals surface area contributed by atoms with E-state index in [1.54, 1.807) is 0 Å². The molecule has 2 aromatic rings. The van der Waals surface area contributed by atoms with Crippen molar-refractivity contribution in [2.24, 2.45) is 0 Å². The minimum Gasteiger partial charge on any atom is -0.287 e. The van der Waals surface area contributed by atoms with Gasteiger partial charge in [0.15, 0.2) is 0 Å². The first-order chi connectivity index (χ1) is 9.32. The third-order valence-electron chi connectivity index (χ3n) is 2.93. The molecule has 0 unspecified atom stereocenters. The van der Waals surface area contributed by atoms with E-state index in [1.807, 2.05) is 0 Å². The van der Waals surface area contributed by atoms with Gasteiger partial charge < -0.3 is 0 Å². The third kappa shape index (κ3) is 2.54. The largest absolute Gasteiger partial charge is 0.417 e. The van der Waals surface area contributed by atoms with Gasteiger partial charge in [-0.1, -0.05) is 12.1 Å². The summed E-state index contributed by atoms with van der Waals surface area (Å²) in [6.07, 6.45) is -0.816. The molecule has 6 heteroatoms. The molecule has 0 aliphatic heterocycles. The number of ketones is 1. The number of benzene rings is 1. The minimum absolute atomic E-state index is 0.00957. The first kappa shape index (κ1) is 14.2. The van der Waals surface area contributed by atoms with Crippen LogP contribution in [-0.4, -0.2) is 15.8 Å². The summed E-state index contributed by atoms with van der Waals surface area (Å²) in [4.78, 5) is 19.8. The standard InChI is InChI=1S/C14H11F3N2O/c1-8-3-4-9(2)12(14(15,16)17)11(8)13(20)10-7-18-5-6-19-10/h3-7H,1-2H3. The molecular weight excluding hydrogens is 269 g/mol. The Morgan fingerprint density at radius 1 is 1.10 bits per heavy atom. The molecule has 0 spiro atoms. The van der Waals surface area contributed by atoms with Gasteiger partial charge >= 0.3 is 6.18 Å². The zero-order valence-electron chi connectivity index (χ0n) is 10.8. The van der Waals surface area contributed by atoms with Crippen molar-refractivity contribution in [2.45, 2.75) is 20.0 Å². The van der Waals surface area contributed by atoms with Crippen LogP contribution in [0.3, 0.4) is 0 Å². The zero-order valence-corrected chi connectivity index (χ0v) is 10.8. The number of carbonyl (C=O) groups excluding carboxylic acids is 1. The van der Waals surface area contributed by atoms with Crippen molar-refractivity contribution >= 4 is 5.78 Å². The van der Waals surface area contributed by atoms with Crippen molar-refractivity contribution in [2.75, 3.05) is 0 Å². The van der Waals surface area contributed by atoms with Gasteiger partial charge in [0.1, 0.15) is 5.69 Å². The van der Waals surface area contributed by atoms with Crippen LogP contribution < -0.4 is 0 Å². The number of halogens is 3. The molecule has 0 aliphatic rings. The predicted octanol–water partition coefficient (Wildman–Crippen LogP) is 3.34. The Bertz CT molecular complexity index is 651. The first-order valence-corrected chi connectivity index (χ1v) is 5.80. The normalized spacial score (nSPS) is 11.4. The van der Waals surface area contributed by atoms with Crippen LogP contribution in [0.5, 0.6) is 0 Å². The molecule has 0 atom stereocenters. The van der Waals surface area contributed by atoms with Gasteiger partial charge in [-0.15, -0.1) is 0 Å². The number of hydrogen-bond acceptors (Lipinski definition) is 3. The Morgan fingerprint density at radius 3 is 2.30 bits per heavy atom. The quantitative estimate of drug-likeness (QED) is 0.792. The van der Waals surface area contributed by atoms with Crippen LogP contribution in [0, 0.1) is 13.8 Å². The number of nitrogens with zero attached hydrogens (tertiary/aromatic N) is 2. The van der Waals surface area contributed by atoms with Crippen LogP contribution in [0.15, 0.2) is 30.7 Å². The average Bonchev–Trinajstić information content (AvgIpc) is 2.40. The fraction of sp³-hybridized carbons (Fsp3) is 0.214. The topological polar surface area (TPSA) is 42.9 Å². The van der Waals surface area contributed by atoms with Gasteiger partial charge in [0.05, 0.1) is 11.8 Å². The van der Waals surface area contributed by atoms with Gasteiger partial charge in [0.2, 0.25) is 5.78 Å². The summed E-state index contributed by atoms with van der Waals surface area (Å²) in [6.45, 7) is 2.80. The smallest absolute Gasteiger partial charge is 0.287 e. The lowest BCUT2D eigenvalue weighted by Crippen LogP contribution is -2.18. The van der Waals surface area contributed by atoms with E-state index in [0.717, 1.165) is 6.20 Å². The molecular formula is C14H11F3N2O. The summed E-state index contributed by atoms with van der Waals surface area (Å²) in [5.41, 5.74) is -1.10. The second-order valence-corrected chi connectivity index (χ2v) is 4.37. The van der Waals surface area contributed by atoms with Gasteiger partial charge in [-0.2, -0.15) is 13.2 Å². The summed E-state index contributed by atoms with van der Waals surface area (Å²) in [5.74, 6) is -0.772. The average molecular weight is 280 g/mol. The van der Waals surface area contributed by atoms with Crippen LogP contribution in [0.4, 0.5) is 13.2 Å². The lowest BCUT2D eigenvalue weighted by Gasteiger charge is -2.16. The lowest BCUT2D eigenvalue weighted by atomic mass is 9.92. The number of alkyl halides is 3. The Hall–Kier alpha value is -2.24. The van der Waals surface area contributed by atoms with Crippen molar-refractivity contribution in [1.82, 2.24) is 9.97 Å². The second kappa shape index (κ2) is 5.03. The van der Waals surface area contributed by atoms with E-state index >= 15 is 0 Å². The Morgan fingerprint density at radius 2 is 1.75 bits per heavy atom. The summed E-state index contributed by atoms with van der Waals surface area (Å²) in [7, 11) is 0. The first-order valence-electron chi connectivity index (χ1n) is 5.80. The van der Waals surface area contributed by atoms with Gasteiger partial charge in [-0.25, -0.2) is 4.98 Å². The molecule has 0 saturated carbocycles. The van der Waals surface area contributed by atoms with Crippen LogP contribution in [-0.2, 0) is 6.18 Å². The maximum absolute atomic E-state index is 13.2. The van der Waals surface area contributed by atoms with Crippen molar-refractivity contribution in [3.8, 4) is 0 Å². The third-order valence-corrected chi connectivity index (χ3v) is 2.93. The van der Waals surface area contributed by atoms with Crippen molar-refractivity contribution < 1.29 is 18.0 Å². The highest BCUT2D eigenvalue weighted by molar-refractivity contribution is 6.09. The summed E-state index contributed by atoms with van der Waals surface area (Å²) in [6, 6.07) is 2.85. The molecule has 0 aliphatic carbocycles. The van der Waals surface area contributed by atoms with E-state index in [2.05, 4.69) is 9.97 Å². The van der Waals surface area contributed by atoms with Crippen molar-refractivity contribution in [3.63, 3.8) is 0 Å². The Balaban J connectivity index is 2.68. The zero-order chi connectivity index (χ0) is 14.9. The van der Waals surface area contributed by atoms with Crippen LogP contribution in [0.25, 0.3) is 0 Å². The number of aryl methyl sites for hydroxylation is 2. The Labute approximate surface area is 113 Å². The number of rotatable bonds is 2. The number of hydrogen-bond donors (Lipinski definition) is 0. The van der Waals surface area contributed by atoms with E-state index in [0.29, 0.717) is 0 Å². The van der Waals surface area contributed by atoms with Gasteiger partial charge in [0, 0.05) is 18.0 Å². The highest BCUT2D eigenvalue weighted by atomic mass is 19.4.